The van der Waals surface area contributed by atoms with Gasteiger partial charge in [0.1, 0.15) is 5.69 Å². The second-order valence-corrected chi connectivity index (χ2v) is 6.89. The zero-order valence-corrected chi connectivity index (χ0v) is 16.5. The van der Waals surface area contributed by atoms with Gasteiger partial charge in [0, 0.05) is 30.6 Å². The predicted octanol–water partition coefficient (Wildman–Crippen LogP) is 3.37. The van der Waals surface area contributed by atoms with Gasteiger partial charge >= 0.3 is 0 Å². The summed E-state index contributed by atoms with van der Waals surface area (Å²) in [5.41, 5.74) is 3.64. The molecule has 0 bridgehead atoms. The van der Waals surface area contributed by atoms with Crippen molar-refractivity contribution in [3.63, 3.8) is 0 Å². The van der Waals surface area contributed by atoms with Gasteiger partial charge in [0.25, 0.3) is 11.8 Å². The number of nitrogens with one attached hydrogen (secondary N) is 2. The van der Waals surface area contributed by atoms with Crippen molar-refractivity contribution in [2.45, 2.75) is 45.6 Å². The number of pyridine rings is 1. The molecule has 0 radical (unpaired) electrons. The van der Waals surface area contributed by atoms with E-state index in [9.17, 15) is 9.59 Å². The second kappa shape index (κ2) is 9.46. The molecule has 1 aliphatic heterocycles. The summed E-state index contributed by atoms with van der Waals surface area (Å²) in [7, 11) is 0. The summed E-state index contributed by atoms with van der Waals surface area (Å²) in [5, 5.41) is 5.86. The molecule has 2 amide bonds. The Morgan fingerprint density at radius 3 is 2.54 bits per heavy atom. The number of benzene rings is 1. The van der Waals surface area contributed by atoms with Crippen LogP contribution in [0.4, 0.5) is 5.69 Å². The summed E-state index contributed by atoms with van der Waals surface area (Å²) in [5.74, 6) is -0.542. The number of carbonyl (C=O) groups is 2. The predicted molar refractivity (Wildman–Crippen MR) is 109 cm³/mol. The zero-order chi connectivity index (χ0) is 19.9. The van der Waals surface area contributed by atoms with Gasteiger partial charge in [-0.25, -0.2) is 0 Å². The molecule has 2 heterocycles. The molecule has 148 valence electrons. The fraction of sp³-hybridized carbons (Fsp3) is 0.409. The SMILES string of the molecule is CCc1cccc(CC)c1NC(=O)c1cc(C(=O)NCC2CCCO2)ccn1. The fourth-order valence-corrected chi connectivity index (χ4v) is 3.39. The van der Waals surface area contributed by atoms with Crippen molar-refractivity contribution in [1.29, 1.82) is 0 Å². The molecule has 1 atom stereocenters. The molecule has 2 aromatic rings. The van der Waals surface area contributed by atoms with Crippen LogP contribution in [0.1, 0.15) is 58.7 Å². The van der Waals surface area contributed by atoms with E-state index >= 15 is 0 Å². The maximum Gasteiger partial charge on any atom is 0.274 e. The maximum absolute atomic E-state index is 12.8. The highest BCUT2D eigenvalue weighted by atomic mass is 16.5. The minimum absolute atomic E-state index is 0.0755. The molecule has 0 aliphatic carbocycles. The molecule has 3 rings (SSSR count). The quantitative estimate of drug-likeness (QED) is 0.771. The van der Waals surface area contributed by atoms with Crippen molar-refractivity contribution in [3.05, 3.63) is 58.9 Å². The maximum atomic E-state index is 12.8. The number of amides is 2. The Kier molecular flexibility index (Phi) is 6.76. The lowest BCUT2D eigenvalue weighted by Gasteiger charge is -2.14. The Labute approximate surface area is 165 Å². The average molecular weight is 381 g/mol. The Hall–Kier alpha value is -2.73. The Morgan fingerprint density at radius 1 is 1.14 bits per heavy atom. The van der Waals surface area contributed by atoms with E-state index in [0.717, 1.165) is 49.1 Å². The third kappa shape index (κ3) is 4.75. The van der Waals surface area contributed by atoms with Crippen molar-refractivity contribution < 1.29 is 14.3 Å². The lowest BCUT2D eigenvalue weighted by molar-refractivity contribution is 0.0857. The molecule has 28 heavy (non-hydrogen) atoms. The van der Waals surface area contributed by atoms with E-state index in [-0.39, 0.29) is 23.6 Å². The summed E-state index contributed by atoms with van der Waals surface area (Å²) >= 11 is 0. The number of aromatic nitrogens is 1. The van der Waals surface area contributed by atoms with Crippen LogP contribution >= 0.6 is 0 Å². The van der Waals surface area contributed by atoms with Crippen molar-refractivity contribution in [2.75, 3.05) is 18.5 Å². The molecule has 1 aliphatic rings. The van der Waals surface area contributed by atoms with E-state index < -0.39 is 0 Å². The van der Waals surface area contributed by atoms with Crippen LogP contribution in [0.3, 0.4) is 0 Å². The van der Waals surface area contributed by atoms with E-state index in [2.05, 4.69) is 29.5 Å². The van der Waals surface area contributed by atoms with Crippen molar-refractivity contribution in [1.82, 2.24) is 10.3 Å². The number of hydrogen-bond acceptors (Lipinski definition) is 4. The van der Waals surface area contributed by atoms with Crippen LogP contribution in [-0.4, -0.2) is 36.1 Å². The summed E-state index contributed by atoms with van der Waals surface area (Å²) in [6, 6.07) is 9.17. The van der Waals surface area contributed by atoms with Crippen LogP contribution in [0.2, 0.25) is 0 Å². The van der Waals surface area contributed by atoms with E-state index in [0.29, 0.717) is 12.1 Å². The number of anilines is 1. The molecule has 0 saturated carbocycles. The molecular formula is C22H27N3O3. The van der Waals surface area contributed by atoms with Crippen LogP contribution in [0.15, 0.2) is 36.5 Å². The van der Waals surface area contributed by atoms with Gasteiger partial charge in [0.05, 0.1) is 6.10 Å². The smallest absolute Gasteiger partial charge is 0.274 e. The molecule has 0 spiro atoms. The van der Waals surface area contributed by atoms with Gasteiger partial charge in [-0.2, -0.15) is 0 Å². The van der Waals surface area contributed by atoms with Gasteiger partial charge in [-0.15, -0.1) is 0 Å². The first-order chi connectivity index (χ1) is 13.6. The van der Waals surface area contributed by atoms with Gasteiger partial charge in [-0.3, -0.25) is 14.6 Å². The molecule has 1 unspecified atom stereocenters. The first-order valence-electron chi connectivity index (χ1n) is 9.90. The number of nitrogens with zero attached hydrogens (tertiary/aromatic N) is 1. The van der Waals surface area contributed by atoms with Crippen LogP contribution < -0.4 is 10.6 Å². The minimum Gasteiger partial charge on any atom is -0.376 e. The summed E-state index contributed by atoms with van der Waals surface area (Å²) in [4.78, 5) is 29.3. The Morgan fingerprint density at radius 2 is 1.89 bits per heavy atom. The molecule has 1 fully saturated rings. The zero-order valence-electron chi connectivity index (χ0n) is 16.5. The number of carbonyl (C=O) groups excluding carboxylic acids is 2. The molecule has 1 aromatic carbocycles. The highest BCUT2D eigenvalue weighted by Gasteiger charge is 2.18. The van der Waals surface area contributed by atoms with Gasteiger partial charge in [-0.05, 0) is 48.9 Å². The number of rotatable bonds is 7. The molecule has 2 N–H and O–H groups in total. The van der Waals surface area contributed by atoms with Crippen molar-refractivity contribution in [3.8, 4) is 0 Å². The van der Waals surface area contributed by atoms with Gasteiger partial charge in [0.15, 0.2) is 0 Å². The van der Waals surface area contributed by atoms with Gasteiger partial charge < -0.3 is 15.4 Å². The van der Waals surface area contributed by atoms with Crippen molar-refractivity contribution in [2.24, 2.45) is 0 Å². The summed E-state index contributed by atoms with van der Waals surface area (Å²) < 4.78 is 5.52. The highest BCUT2D eigenvalue weighted by Crippen LogP contribution is 2.23. The number of para-hydroxylation sites is 1. The highest BCUT2D eigenvalue weighted by molar-refractivity contribution is 6.05. The second-order valence-electron chi connectivity index (χ2n) is 6.89. The molecule has 1 aromatic heterocycles. The molecule has 6 heteroatoms. The molecular weight excluding hydrogens is 354 g/mol. The van der Waals surface area contributed by atoms with Crippen LogP contribution in [0, 0.1) is 0 Å². The average Bonchev–Trinajstić information content (AvgIpc) is 3.25. The Bertz CT molecular complexity index is 822. The van der Waals surface area contributed by atoms with E-state index in [1.165, 1.54) is 12.3 Å². The third-order valence-corrected chi connectivity index (χ3v) is 5.01. The minimum atomic E-state index is -0.315. The molecule has 6 nitrogen and oxygen atoms in total. The Balaban J connectivity index is 1.71. The fourth-order valence-electron chi connectivity index (χ4n) is 3.39. The number of aryl methyl sites for hydroxylation is 2. The van der Waals surface area contributed by atoms with E-state index in [1.54, 1.807) is 6.07 Å². The summed E-state index contributed by atoms with van der Waals surface area (Å²) in [6.07, 6.45) is 5.19. The van der Waals surface area contributed by atoms with Gasteiger partial charge in [0.2, 0.25) is 0 Å². The van der Waals surface area contributed by atoms with Crippen LogP contribution in [-0.2, 0) is 17.6 Å². The van der Waals surface area contributed by atoms with Crippen LogP contribution in [0.25, 0.3) is 0 Å². The lowest BCUT2D eigenvalue weighted by atomic mass is 10.0. The monoisotopic (exact) mass is 381 g/mol. The molecule has 1 saturated heterocycles. The topological polar surface area (TPSA) is 80.3 Å². The van der Waals surface area contributed by atoms with Gasteiger partial charge in [-0.1, -0.05) is 32.0 Å². The number of ether oxygens (including phenoxy) is 1. The van der Waals surface area contributed by atoms with E-state index in [1.807, 2.05) is 18.2 Å². The summed E-state index contributed by atoms with van der Waals surface area (Å²) in [6.45, 7) is 5.34. The number of hydrogen-bond donors (Lipinski definition) is 2. The normalized spacial score (nSPS) is 16.0. The largest absolute Gasteiger partial charge is 0.376 e. The lowest BCUT2D eigenvalue weighted by Crippen LogP contribution is -2.32. The van der Waals surface area contributed by atoms with Crippen molar-refractivity contribution >= 4 is 17.5 Å². The van der Waals surface area contributed by atoms with Crippen LogP contribution in [0.5, 0.6) is 0 Å². The first-order valence-corrected chi connectivity index (χ1v) is 9.90. The third-order valence-electron chi connectivity index (χ3n) is 5.01. The van der Waals surface area contributed by atoms with E-state index in [4.69, 9.17) is 4.74 Å². The first kappa shape index (κ1) is 20.0. The standard InChI is InChI=1S/C22H27N3O3/c1-3-15-7-5-8-16(4-2)20(15)25-22(27)19-13-17(10-11-23-19)21(26)24-14-18-9-6-12-28-18/h5,7-8,10-11,13,18H,3-4,6,9,12,14H2,1-2H3,(H,24,26)(H,25,27).